The Bertz CT molecular complexity index is 509. The van der Waals surface area contributed by atoms with E-state index >= 15 is 0 Å². The maximum Gasteiger partial charge on any atom is 0.241 e. The van der Waals surface area contributed by atoms with E-state index in [0.29, 0.717) is 22.7 Å². The number of rotatable bonds is 2. The zero-order valence-electron chi connectivity index (χ0n) is 11.2. The van der Waals surface area contributed by atoms with E-state index in [2.05, 4.69) is 33.2 Å². The number of halogens is 2. The van der Waals surface area contributed by atoms with Gasteiger partial charge in [-0.05, 0) is 66.0 Å². The first-order valence-corrected chi connectivity index (χ1v) is 8.61. The van der Waals surface area contributed by atoms with Crippen LogP contribution in [0.25, 0.3) is 0 Å². The van der Waals surface area contributed by atoms with E-state index in [1.165, 1.54) is 25.7 Å². The topological polar surface area (TPSA) is 41.1 Å². The lowest BCUT2D eigenvalue weighted by molar-refractivity contribution is -0.117. The third-order valence-corrected chi connectivity index (χ3v) is 5.35. The molecule has 2 aliphatic rings. The molecule has 0 radical (unpaired) electrons. The molecule has 1 amide bonds. The molecule has 1 aromatic carbocycles. The second-order valence-corrected chi connectivity index (χ2v) is 7.37. The number of amides is 1. The van der Waals surface area contributed by atoms with Crippen LogP contribution in [-0.2, 0) is 4.79 Å². The maximum atomic E-state index is 12.4. The Labute approximate surface area is 138 Å². The summed E-state index contributed by atoms with van der Waals surface area (Å²) in [6.45, 7) is 0. The van der Waals surface area contributed by atoms with Crippen LogP contribution in [0, 0.1) is 9.49 Å². The summed E-state index contributed by atoms with van der Waals surface area (Å²) >= 11 is 8.37. The zero-order chi connectivity index (χ0) is 14.1. The fraction of sp³-hybridized carbons (Fsp3) is 0.533. The Morgan fingerprint density at radius 3 is 2.90 bits per heavy atom. The van der Waals surface area contributed by atoms with E-state index < -0.39 is 0 Å². The molecule has 1 saturated carbocycles. The number of hydrogen-bond donors (Lipinski definition) is 2. The van der Waals surface area contributed by atoms with E-state index in [0.717, 1.165) is 9.99 Å². The third-order valence-electron chi connectivity index (χ3n) is 4.37. The van der Waals surface area contributed by atoms with Crippen molar-refractivity contribution >= 4 is 45.8 Å². The van der Waals surface area contributed by atoms with Crippen molar-refractivity contribution < 1.29 is 4.79 Å². The van der Waals surface area contributed by atoms with Gasteiger partial charge >= 0.3 is 0 Å². The molecule has 1 aliphatic heterocycles. The van der Waals surface area contributed by atoms with Crippen molar-refractivity contribution in [3.63, 3.8) is 0 Å². The average Bonchev–Trinajstić information content (AvgIpc) is 2.86. The van der Waals surface area contributed by atoms with Gasteiger partial charge in [-0.1, -0.05) is 24.4 Å². The minimum atomic E-state index is -0.0709. The van der Waals surface area contributed by atoms with E-state index in [1.54, 1.807) is 0 Å². The summed E-state index contributed by atoms with van der Waals surface area (Å²) in [5.41, 5.74) is 0.703. The number of carbonyl (C=O) groups is 1. The highest BCUT2D eigenvalue weighted by molar-refractivity contribution is 14.1. The summed E-state index contributed by atoms with van der Waals surface area (Å²) in [5, 5.41) is 7.04. The van der Waals surface area contributed by atoms with Crippen molar-refractivity contribution in [2.24, 2.45) is 5.92 Å². The quantitative estimate of drug-likeness (QED) is 0.736. The van der Waals surface area contributed by atoms with E-state index in [4.69, 9.17) is 11.6 Å². The van der Waals surface area contributed by atoms with Crippen LogP contribution < -0.4 is 10.6 Å². The molecular formula is C15H18ClIN2O. The highest BCUT2D eigenvalue weighted by Crippen LogP contribution is 2.33. The molecule has 3 atom stereocenters. The number of anilines is 1. The minimum Gasteiger partial charge on any atom is -0.323 e. The zero-order valence-corrected chi connectivity index (χ0v) is 14.1. The van der Waals surface area contributed by atoms with Gasteiger partial charge in [0, 0.05) is 9.61 Å². The van der Waals surface area contributed by atoms with Gasteiger partial charge in [-0.15, -0.1) is 0 Å². The van der Waals surface area contributed by atoms with Gasteiger partial charge in [-0.2, -0.15) is 0 Å². The highest BCUT2D eigenvalue weighted by Gasteiger charge is 2.38. The van der Waals surface area contributed by atoms with Crippen LogP contribution in [0.5, 0.6) is 0 Å². The smallest absolute Gasteiger partial charge is 0.241 e. The lowest BCUT2D eigenvalue weighted by Gasteiger charge is -2.24. The second kappa shape index (κ2) is 6.20. The summed E-state index contributed by atoms with van der Waals surface area (Å²) < 4.78 is 1.07. The summed E-state index contributed by atoms with van der Waals surface area (Å²) in [5.74, 6) is 0.717. The Morgan fingerprint density at radius 2 is 2.15 bits per heavy atom. The van der Waals surface area contributed by atoms with Crippen LogP contribution in [0.4, 0.5) is 5.69 Å². The Morgan fingerprint density at radius 1 is 1.35 bits per heavy atom. The molecule has 1 heterocycles. The van der Waals surface area contributed by atoms with Crippen molar-refractivity contribution in [3.8, 4) is 0 Å². The first kappa shape index (κ1) is 14.6. The van der Waals surface area contributed by atoms with Gasteiger partial charge in [0.05, 0.1) is 16.8 Å². The maximum absolute atomic E-state index is 12.4. The van der Waals surface area contributed by atoms with Gasteiger partial charge in [0.1, 0.15) is 0 Å². The van der Waals surface area contributed by atoms with Gasteiger partial charge in [0.25, 0.3) is 0 Å². The van der Waals surface area contributed by atoms with Crippen molar-refractivity contribution in [2.45, 2.75) is 44.2 Å². The number of nitrogens with one attached hydrogen (secondary N) is 2. The standard InChI is InChI=1S/C15H18ClIN2O/c16-11-8-10(17)5-6-13(11)19-15(20)14-7-9-3-1-2-4-12(9)18-14/h5-6,8-9,12,14,18H,1-4,7H2,(H,19,20). The van der Waals surface area contributed by atoms with Gasteiger partial charge in [0.2, 0.25) is 5.91 Å². The first-order valence-electron chi connectivity index (χ1n) is 7.15. The van der Waals surface area contributed by atoms with Crippen LogP contribution in [-0.4, -0.2) is 18.0 Å². The number of fused-ring (bicyclic) bond motifs is 1. The number of benzene rings is 1. The van der Waals surface area contributed by atoms with Crippen molar-refractivity contribution in [3.05, 3.63) is 26.8 Å². The lowest BCUT2D eigenvalue weighted by atomic mass is 9.85. The molecule has 108 valence electrons. The Kier molecular flexibility index (Phi) is 4.52. The van der Waals surface area contributed by atoms with Crippen LogP contribution in [0.1, 0.15) is 32.1 Å². The van der Waals surface area contributed by atoms with Gasteiger partial charge in [-0.25, -0.2) is 0 Å². The lowest BCUT2D eigenvalue weighted by Crippen LogP contribution is -2.39. The summed E-state index contributed by atoms with van der Waals surface area (Å²) in [7, 11) is 0. The van der Waals surface area contributed by atoms with Crippen molar-refractivity contribution in [1.82, 2.24) is 5.32 Å². The molecule has 2 N–H and O–H groups in total. The molecule has 2 fully saturated rings. The van der Waals surface area contributed by atoms with Crippen LogP contribution in [0.15, 0.2) is 18.2 Å². The molecule has 1 saturated heterocycles. The molecule has 5 heteroatoms. The Balaban J connectivity index is 1.65. The number of hydrogen-bond acceptors (Lipinski definition) is 2. The highest BCUT2D eigenvalue weighted by atomic mass is 127. The number of carbonyl (C=O) groups excluding carboxylic acids is 1. The normalized spacial score (nSPS) is 29.0. The van der Waals surface area contributed by atoms with E-state index in [-0.39, 0.29) is 11.9 Å². The fourth-order valence-corrected chi connectivity index (χ4v) is 4.23. The molecule has 0 spiro atoms. The molecular weight excluding hydrogens is 387 g/mol. The fourth-order valence-electron chi connectivity index (χ4n) is 3.33. The molecule has 3 nitrogen and oxygen atoms in total. The largest absolute Gasteiger partial charge is 0.323 e. The third kappa shape index (κ3) is 3.12. The molecule has 1 aromatic rings. The van der Waals surface area contributed by atoms with Crippen LogP contribution in [0.2, 0.25) is 5.02 Å². The predicted molar refractivity (Wildman–Crippen MR) is 90.1 cm³/mol. The summed E-state index contributed by atoms with van der Waals surface area (Å²) in [6.07, 6.45) is 6.01. The van der Waals surface area contributed by atoms with Gasteiger partial charge in [0.15, 0.2) is 0 Å². The van der Waals surface area contributed by atoms with Crippen LogP contribution >= 0.6 is 34.2 Å². The first-order chi connectivity index (χ1) is 9.63. The average molecular weight is 405 g/mol. The Hall–Kier alpha value is -0.330. The summed E-state index contributed by atoms with van der Waals surface area (Å²) in [6, 6.07) is 6.14. The van der Waals surface area contributed by atoms with E-state index in [1.807, 2.05) is 18.2 Å². The minimum absolute atomic E-state index is 0.0440. The van der Waals surface area contributed by atoms with Gasteiger partial charge < -0.3 is 10.6 Å². The van der Waals surface area contributed by atoms with Crippen molar-refractivity contribution in [1.29, 1.82) is 0 Å². The van der Waals surface area contributed by atoms with Crippen molar-refractivity contribution in [2.75, 3.05) is 5.32 Å². The summed E-state index contributed by atoms with van der Waals surface area (Å²) in [4.78, 5) is 12.4. The molecule has 1 aliphatic carbocycles. The molecule has 3 rings (SSSR count). The molecule has 3 unspecified atom stereocenters. The monoisotopic (exact) mass is 404 g/mol. The molecule has 20 heavy (non-hydrogen) atoms. The molecule has 0 bridgehead atoms. The van der Waals surface area contributed by atoms with Gasteiger partial charge in [-0.3, -0.25) is 4.79 Å². The predicted octanol–water partition coefficient (Wildman–Crippen LogP) is 3.80. The van der Waals surface area contributed by atoms with E-state index in [9.17, 15) is 4.79 Å². The molecule has 0 aromatic heterocycles. The van der Waals surface area contributed by atoms with Crippen LogP contribution in [0.3, 0.4) is 0 Å². The SMILES string of the molecule is O=C(Nc1ccc(I)cc1Cl)C1CC2CCCCC2N1. The second-order valence-electron chi connectivity index (χ2n) is 5.72.